The number of ether oxygens (including phenoxy) is 1. The number of hydrogen-bond acceptors (Lipinski definition) is 3. The normalized spacial score (nSPS) is 11.9. The molecule has 0 rings (SSSR count). The second kappa shape index (κ2) is 7.17. The van der Waals surface area contributed by atoms with Crippen LogP contribution in [0.15, 0.2) is 37.5 Å². The molecule has 4 heteroatoms. The van der Waals surface area contributed by atoms with Crippen molar-refractivity contribution in [3.05, 3.63) is 37.5 Å². The van der Waals surface area contributed by atoms with Gasteiger partial charge in [-0.05, 0) is 19.6 Å². The minimum Gasteiger partial charge on any atom is -0.519 e. The van der Waals surface area contributed by atoms with E-state index in [1.807, 2.05) is 23.3 Å². The molecule has 0 atom stereocenters. The first-order valence-electron chi connectivity index (χ1n) is 5.33. The van der Waals surface area contributed by atoms with E-state index in [9.17, 15) is 0 Å². The van der Waals surface area contributed by atoms with Gasteiger partial charge in [-0.1, -0.05) is 12.2 Å². The van der Waals surface area contributed by atoms with E-state index in [2.05, 4.69) is 32.8 Å². The van der Waals surface area contributed by atoms with Crippen LogP contribution in [0.25, 0.3) is 0 Å². The van der Waals surface area contributed by atoms with Gasteiger partial charge in [0.2, 0.25) is 8.32 Å². The Morgan fingerprint density at radius 2 is 1.69 bits per heavy atom. The van der Waals surface area contributed by atoms with Crippen LogP contribution in [-0.4, -0.2) is 33.4 Å². The Balaban J connectivity index is 4.60. The minimum absolute atomic E-state index is 0.558. The first-order chi connectivity index (χ1) is 7.42. The van der Waals surface area contributed by atoms with Crippen molar-refractivity contribution in [2.45, 2.75) is 19.6 Å². The van der Waals surface area contributed by atoms with Crippen molar-refractivity contribution in [3.63, 3.8) is 0 Å². The fourth-order valence-corrected chi connectivity index (χ4v) is 1.82. The summed E-state index contributed by atoms with van der Waals surface area (Å²) in [4.78, 5) is 2.03. The molecule has 0 saturated carbocycles. The Labute approximate surface area is 100 Å². The number of methoxy groups -OCH3 is 1. The molecule has 0 aliphatic carbocycles. The van der Waals surface area contributed by atoms with Crippen LogP contribution >= 0.6 is 0 Å². The van der Waals surface area contributed by atoms with E-state index in [1.165, 1.54) is 0 Å². The molecule has 0 aromatic rings. The van der Waals surface area contributed by atoms with Crippen LogP contribution in [0.2, 0.25) is 19.6 Å². The van der Waals surface area contributed by atoms with E-state index in [0.717, 1.165) is 13.1 Å². The lowest BCUT2D eigenvalue weighted by atomic mass is 10.5. The van der Waals surface area contributed by atoms with Gasteiger partial charge in [0.1, 0.15) is 0 Å². The van der Waals surface area contributed by atoms with Crippen LogP contribution in [0.3, 0.4) is 0 Å². The summed E-state index contributed by atoms with van der Waals surface area (Å²) in [7, 11) is -0.00858. The molecule has 0 aromatic carbocycles. The molecule has 16 heavy (non-hydrogen) atoms. The van der Waals surface area contributed by atoms with Crippen molar-refractivity contribution < 1.29 is 9.16 Å². The SMILES string of the molecule is C=CCN(/C=C(/OC)O[Si](C)(C)C)CC=C. The number of nitrogens with zero attached hydrogens (tertiary/aromatic N) is 1. The van der Waals surface area contributed by atoms with Gasteiger partial charge in [-0.25, -0.2) is 0 Å². The minimum atomic E-state index is -1.63. The summed E-state index contributed by atoms with van der Waals surface area (Å²) in [6.45, 7) is 15.3. The molecule has 0 spiro atoms. The first kappa shape index (κ1) is 14.8. The third-order valence-corrected chi connectivity index (χ3v) is 2.44. The smallest absolute Gasteiger partial charge is 0.281 e. The highest BCUT2D eigenvalue weighted by molar-refractivity contribution is 6.69. The van der Waals surface area contributed by atoms with Crippen molar-refractivity contribution in [1.29, 1.82) is 0 Å². The Morgan fingerprint density at radius 3 is 2.00 bits per heavy atom. The zero-order valence-electron chi connectivity index (χ0n) is 10.8. The second-order valence-corrected chi connectivity index (χ2v) is 8.83. The third-order valence-electron chi connectivity index (χ3n) is 1.62. The van der Waals surface area contributed by atoms with E-state index < -0.39 is 8.32 Å². The molecular weight excluding hydrogens is 218 g/mol. The van der Waals surface area contributed by atoms with Crippen molar-refractivity contribution in [2.24, 2.45) is 0 Å². The molecule has 0 aliphatic heterocycles. The largest absolute Gasteiger partial charge is 0.519 e. The highest BCUT2D eigenvalue weighted by atomic mass is 28.4. The standard InChI is InChI=1S/C12H23NO2Si/c1-7-9-13(10-8-2)11-12(14-3)15-16(4,5)6/h7-8,11H,1-2,9-10H2,3-6H3/b12-11-. The zero-order chi connectivity index (χ0) is 12.6. The van der Waals surface area contributed by atoms with Crippen molar-refractivity contribution >= 4 is 8.32 Å². The van der Waals surface area contributed by atoms with Gasteiger partial charge in [0, 0.05) is 13.1 Å². The van der Waals surface area contributed by atoms with Crippen molar-refractivity contribution in [2.75, 3.05) is 20.2 Å². The summed E-state index contributed by atoms with van der Waals surface area (Å²) in [6, 6.07) is 0. The quantitative estimate of drug-likeness (QED) is 0.370. The molecule has 0 saturated heterocycles. The summed E-state index contributed by atoms with van der Waals surface area (Å²) >= 11 is 0. The van der Waals surface area contributed by atoms with Crippen LogP contribution in [0.5, 0.6) is 0 Å². The maximum absolute atomic E-state index is 5.78. The Hall–Kier alpha value is -1.16. The molecule has 0 heterocycles. The molecule has 0 radical (unpaired) electrons. The van der Waals surface area contributed by atoms with Crippen LogP contribution in [0.4, 0.5) is 0 Å². The molecule has 0 bridgehead atoms. The molecule has 92 valence electrons. The predicted molar refractivity (Wildman–Crippen MR) is 71.5 cm³/mol. The molecular formula is C12H23NO2Si. The van der Waals surface area contributed by atoms with Crippen LogP contribution < -0.4 is 0 Å². The molecule has 0 fully saturated rings. The third kappa shape index (κ3) is 7.17. The average molecular weight is 241 g/mol. The summed E-state index contributed by atoms with van der Waals surface area (Å²) in [5, 5.41) is 0. The molecule has 3 nitrogen and oxygen atoms in total. The summed E-state index contributed by atoms with van der Waals surface area (Å²) < 4.78 is 11.0. The van der Waals surface area contributed by atoms with Gasteiger partial charge < -0.3 is 14.1 Å². The predicted octanol–water partition coefficient (Wildman–Crippen LogP) is 2.96. The van der Waals surface area contributed by atoms with Gasteiger partial charge in [-0.2, -0.15) is 0 Å². The van der Waals surface area contributed by atoms with Crippen LogP contribution in [-0.2, 0) is 9.16 Å². The fraction of sp³-hybridized carbons (Fsp3) is 0.500. The fourth-order valence-electron chi connectivity index (χ4n) is 1.08. The molecule has 0 unspecified atom stereocenters. The Bertz CT molecular complexity index is 246. The molecule has 0 aromatic heterocycles. The number of rotatable bonds is 8. The van der Waals surface area contributed by atoms with Gasteiger partial charge in [0.05, 0.1) is 13.3 Å². The first-order valence-corrected chi connectivity index (χ1v) is 8.74. The average Bonchev–Trinajstić information content (AvgIpc) is 2.15. The van der Waals surface area contributed by atoms with Gasteiger partial charge >= 0.3 is 0 Å². The summed E-state index contributed by atoms with van der Waals surface area (Å²) in [5.74, 6) is 0.558. The van der Waals surface area contributed by atoms with Crippen LogP contribution in [0, 0.1) is 0 Å². The maximum Gasteiger partial charge on any atom is 0.281 e. The van der Waals surface area contributed by atoms with Gasteiger partial charge in [0.25, 0.3) is 5.95 Å². The number of hydrogen-bond donors (Lipinski definition) is 0. The van der Waals surface area contributed by atoms with E-state index >= 15 is 0 Å². The summed E-state index contributed by atoms with van der Waals surface area (Å²) in [5.41, 5.74) is 0. The van der Waals surface area contributed by atoms with Crippen molar-refractivity contribution in [1.82, 2.24) is 4.90 Å². The lowest BCUT2D eigenvalue weighted by Crippen LogP contribution is -2.27. The van der Waals surface area contributed by atoms with E-state index in [4.69, 9.17) is 9.16 Å². The highest BCUT2D eigenvalue weighted by Crippen LogP contribution is 2.11. The molecule has 0 aliphatic rings. The van der Waals surface area contributed by atoms with Crippen molar-refractivity contribution in [3.8, 4) is 0 Å². The van der Waals surface area contributed by atoms with Gasteiger partial charge in [-0.3, -0.25) is 0 Å². The maximum atomic E-state index is 5.78. The molecule has 0 N–H and O–H groups in total. The van der Waals surface area contributed by atoms with Gasteiger partial charge in [0.15, 0.2) is 0 Å². The lowest BCUT2D eigenvalue weighted by Gasteiger charge is -2.23. The highest BCUT2D eigenvalue weighted by Gasteiger charge is 2.18. The van der Waals surface area contributed by atoms with Gasteiger partial charge in [-0.15, -0.1) is 13.2 Å². The molecule has 0 amide bonds. The lowest BCUT2D eigenvalue weighted by molar-refractivity contribution is 0.137. The zero-order valence-corrected chi connectivity index (χ0v) is 11.8. The summed E-state index contributed by atoms with van der Waals surface area (Å²) in [6.07, 6.45) is 5.53. The Morgan fingerprint density at radius 1 is 1.19 bits per heavy atom. The van der Waals surface area contributed by atoms with E-state index in [1.54, 1.807) is 7.11 Å². The monoisotopic (exact) mass is 241 g/mol. The van der Waals surface area contributed by atoms with E-state index in [0.29, 0.717) is 5.95 Å². The second-order valence-electron chi connectivity index (χ2n) is 4.40. The Kier molecular flexibility index (Phi) is 6.65. The van der Waals surface area contributed by atoms with E-state index in [-0.39, 0.29) is 0 Å². The van der Waals surface area contributed by atoms with Crippen LogP contribution in [0.1, 0.15) is 0 Å². The topological polar surface area (TPSA) is 21.7 Å².